The molecule has 0 atom stereocenters. The molecule has 0 aliphatic heterocycles. The number of carbonyl (C=O) groups excluding carboxylic acids is 1. The van der Waals surface area contributed by atoms with Crippen molar-refractivity contribution in [2.24, 2.45) is 0 Å². The van der Waals surface area contributed by atoms with E-state index in [4.69, 9.17) is 6.42 Å². The van der Waals surface area contributed by atoms with Gasteiger partial charge in [-0.25, -0.2) is 0 Å². The third-order valence-corrected chi connectivity index (χ3v) is 3.19. The molecule has 0 unspecified atom stereocenters. The lowest BCUT2D eigenvalue weighted by atomic mass is 10.3. The molecule has 1 aromatic rings. The SMILES string of the molecule is C#CCNC(=O)CCNCc1sccc1C.Cl. The van der Waals surface area contributed by atoms with Crippen molar-refractivity contribution in [3.05, 3.63) is 21.9 Å². The van der Waals surface area contributed by atoms with Crippen LogP contribution < -0.4 is 10.6 Å². The number of hydrogen-bond acceptors (Lipinski definition) is 3. The predicted molar refractivity (Wildman–Crippen MR) is 74.5 cm³/mol. The van der Waals surface area contributed by atoms with E-state index in [1.807, 2.05) is 0 Å². The van der Waals surface area contributed by atoms with Gasteiger partial charge in [-0.15, -0.1) is 30.2 Å². The van der Waals surface area contributed by atoms with Crippen molar-refractivity contribution in [3.63, 3.8) is 0 Å². The molecule has 0 spiro atoms. The normalized spacial score (nSPS) is 9.18. The Hall–Kier alpha value is -1.02. The number of halogens is 1. The molecule has 1 rings (SSSR count). The molecule has 0 radical (unpaired) electrons. The third kappa shape index (κ3) is 6.32. The van der Waals surface area contributed by atoms with Crippen molar-refractivity contribution >= 4 is 29.7 Å². The van der Waals surface area contributed by atoms with Crippen molar-refractivity contribution in [1.82, 2.24) is 10.6 Å². The molecule has 5 heteroatoms. The number of nitrogens with one attached hydrogen (secondary N) is 2. The van der Waals surface area contributed by atoms with Crippen LogP contribution in [-0.2, 0) is 11.3 Å². The number of rotatable bonds is 6. The van der Waals surface area contributed by atoms with E-state index in [2.05, 4.69) is 34.9 Å². The Morgan fingerprint density at radius 1 is 1.59 bits per heavy atom. The minimum Gasteiger partial charge on any atom is -0.345 e. The Morgan fingerprint density at radius 2 is 2.35 bits per heavy atom. The maximum atomic E-state index is 11.2. The molecule has 0 aromatic carbocycles. The summed E-state index contributed by atoms with van der Waals surface area (Å²) in [6, 6.07) is 2.10. The van der Waals surface area contributed by atoms with Gasteiger partial charge >= 0.3 is 0 Å². The second kappa shape index (κ2) is 9.06. The minimum atomic E-state index is -0.00616. The summed E-state index contributed by atoms with van der Waals surface area (Å²) >= 11 is 1.73. The van der Waals surface area contributed by atoms with E-state index in [0.717, 1.165) is 6.54 Å². The highest BCUT2D eigenvalue weighted by Gasteiger charge is 2.01. The molecule has 1 amide bonds. The van der Waals surface area contributed by atoms with Crippen LogP contribution in [0.3, 0.4) is 0 Å². The van der Waals surface area contributed by atoms with Crippen LogP contribution in [-0.4, -0.2) is 19.0 Å². The molecule has 1 aromatic heterocycles. The fourth-order valence-corrected chi connectivity index (χ4v) is 2.10. The van der Waals surface area contributed by atoms with Gasteiger partial charge in [0.25, 0.3) is 0 Å². The Kier molecular flexibility index (Phi) is 8.51. The maximum Gasteiger partial charge on any atom is 0.222 e. The predicted octanol–water partition coefficient (Wildman–Crippen LogP) is 1.71. The molecule has 0 saturated carbocycles. The highest BCUT2D eigenvalue weighted by atomic mass is 35.5. The first kappa shape index (κ1) is 16.0. The Labute approximate surface area is 112 Å². The summed E-state index contributed by atoms with van der Waals surface area (Å²) in [5.41, 5.74) is 1.30. The zero-order chi connectivity index (χ0) is 11.8. The molecular formula is C12H17ClN2OS. The molecule has 1 heterocycles. The van der Waals surface area contributed by atoms with Crippen LogP contribution in [0, 0.1) is 19.3 Å². The van der Waals surface area contributed by atoms with Crippen LogP contribution in [0.2, 0.25) is 0 Å². The summed E-state index contributed by atoms with van der Waals surface area (Å²) in [7, 11) is 0. The minimum absolute atomic E-state index is 0. The standard InChI is InChI=1S/C12H16N2OS.ClH/c1-3-6-14-12(15)4-7-13-9-11-10(2)5-8-16-11;/h1,5,8,13H,4,6-7,9H2,2H3,(H,14,15);1H. The first-order valence-electron chi connectivity index (χ1n) is 5.18. The summed E-state index contributed by atoms with van der Waals surface area (Å²) in [6.07, 6.45) is 5.50. The Bertz CT molecular complexity index is 384. The van der Waals surface area contributed by atoms with Crippen LogP contribution in [0.4, 0.5) is 0 Å². The lowest BCUT2D eigenvalue weighted by Crippen LogP contribution is -2.27. The lowest BCUT2D eigenvalue weighted by molar-refractivity contribution is -0.120. The van der Waals surface area contributed by atoms with Gasteiger partial charge in [-0.3, -0.25) is 4.79 Å². The van der Waals surface area contributed by atoms with E-state index in [1.165, 1.54) is 10.4 Å². The van der Waals surface area contributed by atoms with Crippen molar-refractivity contribution in [2.45, 2.75) is 19.9 Å². The van der Waals surface area contributed by atoms with Gasteiger partial charge in [0.15, 0.2) is 0 Å². The zero-order valence-corrected chi connectivity index (χ0v) is 11.4. The second-order valence-corrected chi connectivity index (χ2v) is 4.44. The van der Waals surface area contributed by atoms with Crippen molar-refractivity contribution in [1.29, 1.82) is 0 Å². The van der Waals surface area contributed by atoms with Crippen LogP contribution in [0.25, 0.3) is 0 Å². The maximum absolute atomic E-state index is 11.2. The molecule has 17 heavy (non-hydrogen) atoms. The Morgan fingerprint density at radius 3 is 2.94 bits per heavy atom. The number of carbonyl (C=O) groups is 1. The quantitative estimate of drug-likeness (QED) is 0.611. The van der Waals surface area contributed by atoms with Crippen molar-refractivity contribution in [3.8, 4) is 12.3 Å². The second-order valence-electron chi connectivity index (χ2n) is 3.43. The highest BCUT2D eigenvalue weighted by molar-refractivity contribution is 7.10. The number of amides is 1. The van der Waals surface area contributed by atoms with Crippen LogP contribution in [0.15, 0.2) is 11.4 Å². The van der Waals surface area contributed by atoms with Gasteiger partial charge < -0.3 is 10.6 Å². The smallest absolute Gasteiger partial charge is 0.222 e. The first-order valence-corrected chi connectivity index (χ1v) is 6.06. The van der Waals surface area contributed by atoms with Crippen LogP contribution in [0.1, 0.15) is 16.9 Å². The van der Waals surface area contributed by atoms with Gasteiger partial charge in [0, 0.05) is 24.4 Å². The number of aryl methyl sites for hydroxylation is 1. The summed E-state index contributed by atoms with van der Waals surface area (Å²) in [6.45, 7) is 3.90. The van der Waals surface area contributed by atoms with Crippen LogP contribution >= 0.6 is 23.7 Å². The van der Waals surface area contributed by atoms with E-state index < -0.39 is 0 Å². The van der Waals surface area contributed by atoms with Gasteiger partial charge in [-0.05, 0) is 23.9 Å². The van der Waals surface area contributed by atoms with Gasteiger partial charge in [-0.1, -0.05) is 5.92 Å². The van der Waals surface area contributed by atoms with E-state index in [0.29, 0.717) is 19.5 Å². The molecule has 0 bridgehead atoms. The first-order chi connectivity index (χ1) is 7.74. The number of thiophene rings is 1. The topological polar surface area (TPSA) is 41.1 Å². The fraction of sp³-hybridized carbons (Fsp3) is 0.417. The van der Waals surface area contributed by atoms with Gasteiger partial charge in [-0.2, -0.15) is 0 Å². The van der Waals surface area contributed by atoms with E-state index in [-0.39, 0.29) is 18.3 Å². The average molecular weight is 273 g/mol. The summed E-state index contributed by atoms with van der Waals surface area (Å²) in [5.74, 6) is 2.36. The summed E-state index contributed by atoms with van der Waals surface area (Å²) < 4.78 is 0. The monoisotopic (exact) mass is 272 g/mol. The lowest BCUT2D eigenvalue weighted by Gasteiger charge is -2.04. The molecular weight excluding hydrogens is 256 g/mol. The largest absolute Gasteiger partial charge is 0.345 e. The van der Waals surface area contributed by atoms with E-state index in [1.54, 1.807) is 11.3 Å². The van der Waals surface area contributed by atoms with Gasteiger partial charge in [0.05, 0.1) is 6.54 Å². The summed E-state index contributed by atoms with van der Waals surface area (Å²) in [4.78, 5) is 12.5. The Balaban J connectivity index is 0.00000256. The third-order valence-electron chi connectivity index (χ3n) is 2.17. The molecule has 2 N–H and O–H groups in total. The molecule has 0 aliphatic carbocycles. The van der Waals surface area contributed by atoms with Gasteiger partial charge in [0.2, 0.25) is 5.91 Å². The molecule has 0 aliphatic rings. The number of terminal acetylenes is 1. The fourth-order valence-electron chi connectivity index (χ4n) is 1.23. The number of hydrogen-bond donors (Lipinski definition) is 2. The summed E-state index contributed by atoms with van der Waals surface area (Å²) in [5, 5.41) is 7.93. The molecule has 0 saturated heterocycles. The van der Waals surface area contributed by atoms with Crippen LogP contribution in [0.5, 0.6) is 0 Å². The highest BCUT2D eigenvalue weighted by Crippen LogP contribution is 2.14. The average Bonchev–Trinajstić information content (AvgIpc) is 2.67. The van der Waals surface area contributed by atoms with E-state index in [9.17, 15) is 4.79 Å². The van der Waals surface area contributed by atoms with E-state index >= 15 is 0 Å². The zero-order valence-electron chi connectivity index (χ0n) is 9.79. The molecule has 0 fully saturated rings. The molecule has 94 valence electrons. The van der Waals surface area contributed by atoms with Gasteiger partial charge in [0.1, 0.15) is 0 Å². The van der Waals surface area contributed by atoms with Crippen molar-refractivity contribution < 1.29 is 4.79 Å². The van der Waals surface area contributed by atoms with Crippen molar-refractivity contribution in [2.75, 3.05) is 13.1 Å². The molecule has 3 nitrogen and oxygen atoms in total.